The van der Waals surface area contributed by atoms with Crippen molar-refractivity contribution in [3.63, 3.8) is 0 Å². The number of halogens is 1. The number of carbonyl (C=O) groups excluding carboxylic acids is 1. The first-order valence-corrected chi connectivity index (χ1v) is 10.00. The minimum absolute atomic E-state index is 0.0521. The highest BCUT2D eigenvalue weighted by Gasteiger charge is 2.26. The standard InChI is InChI=1S/C24H24FN3O/c1-17-13-19(14-18-4-6-22(25)7-5-18)15-23(27-17)21-3-2-12-28(16-21)24(29)20-8-10-26-11-9-20/h4-11,13,15,21H,2-3,12,14,16H2,1H3/t21-/m1/s1. The molecule has 5 heteroatoms. The third-order valence-electron chi connectivity index (χ3n) is 5.41. The smallest absolute Gasteiger partial charge is 0.253 e. The molecule has 0 radical (unpaired) electrons. The van der Waals surface area contributed by atoms with Gasteiger partial charge in [-0.1, -0.05) is 12.1 Å². The second-order valence-electron chi connectivity index (χ2n) is 7.67. The first-order chi connectivity index (χ1) is 14.1. The van der Waals surface area contributed by atoms with Crippen LogP contribution in [0.2, 0.25) is 0 Å². The molecule has 1 atom stereocenters. The van der Waals surface area contributed by atoms with Gasteiger partial charge in [0.05, 0.1) is 0 Å². The molecule has 1 aromatic carbocycles. The van der Waals surface area contributed by atoms with Crippen LogP contribution in [0.15, 0.2) is 60.9 Å². The number of hydrogen-bond acceptors (Lipinski definition) is 3. The van der Waals surface area contributed by atoms with E-state index >= 15 is 0 Å². The molecule has 1 aliphatic heterocycles. The number of carbonyl (C=O) groups is 1. The van der Waals surface area contributed by atoms with Gasteiger partial charge in [0.1, 0.15) is 5.82 Å². The molecule has 148 valence electrons. The summed E-state index contributed by atoms with van der Waals surface area (Å²) < 4.78 is 13.2. The van der Waals surface area contributed by atoms with Gasteiger partial charge in [0.15, 0.2) is 0 Å². The summed E-state index contributed by atoms with van der Waals surface area (Å²) in [6, 6.07) is 14.4. The third-order valence-corrected chi connectivity index (χ3v) is 5.41. The predicted octanol–water partition coefficient (Wildman–Crippen LogP) is 4.53. The highest BCUT2D eigenvalue weighted by molar-refractivity contribution is 5.94. The van der Waals surface area contributed by atoms with Gasteiger partial charge in [0, 0.05) is 48.4 Å². The van der Waals surface area contributed by atoms with Crippen molar-refractivity contribution in [2.24, 2.45) is 0 Å². The van der Waals surface area contributed by atoms with Crippen molar-refractivity contribution in [1.29, 1.82) is 0 Å². The lowest BCUT2D eigenvalue weighted by molar-refractivity contribution is 0.0705. The average molecular weight is 389 g/mol. The van der Waals surface area contributed by atoms with Gasteiger partial charge < -0.3 is 4.90 Å². The zero-order valence-electron chi connectivity index (χ0n) is 16.5. The first kappa shape index (κ1) is 19.2. The monoisotopic (exact) mass is 389 g/mol. The summed E-state index contributed by atoms with van der Waals surface area (Å²) in [5.41, 5.74) is 4.92. The van der Waals surface area contributed by atoms with Gasteiger partial charge in [-0.15, -0.1) is 0 Å². The zero-order valence-corrected chi connectivity index (χ0v) is 16.5. The molecule has 1 fully saturated rings. The third kappa shape index (κ3) is 4.67. The largest absolute Gasteiger partial charge is 0.338 e. The van der Waals surface area contributed by atoms with Crippen LogP contribution in [0.1, 0.15) is 51.6 Å². The van der Waals surface area contributed by atoms with Crippen LogP contribution in [-0.4, -0.2) is 33.9 Å². The van der Waals surface area contributed by atoms with Gasteiger partial charge in [-0.25, -0.2) is 4.39 Å². The van der Waals surface area contributed by atoms with E-state index in [0.29, 0.717) is 12.1 Å². The van der Waals surface area contributed by atoms with Crippen molar-refractivity contribution in [3.05, 3.63) is 94.8 Å². The molecule has 0 spiro atoms. The molecular formula is C24H24FN3O. The molecule has 1 aliphatic rings. The Morgan fingerprint density at radius 2 is 1.86 bits per heavy atom. The van der Waals surface area contributed by atoms with Crippen molar-refractivity contribution in [2.45, 2.75) is 32.1 Å². The molecule has 0 unspecified atom stereocenters. The number of aryl methyl sites for hydroxylation is 1. The van der Waals surface area contributed by atoms with Crippen LogP contribution in [0.25, 0.3) is 0 Å². The fraction of sp³-hybridized carbons (Fsp3) is 0.292. The molecule has 4 nitrogen and oxygen atoms in total. The highest BCUT2D eigenvalue weighted by Crippen LogP contribution is 2.28. The second kappa shape index (κ2) is 8.52. The number of aromatic nitrogens is 2. The quantitative estimate of drug-likeness (QED) is 0.658. The fourth-order valence-corrected chi connectivity index (χ4v) is 4.00. The van der Waals surface area contributed by atoms with Gasteiger partial charge in [-0.05, 0) is 73.7 Å². The molecule has 1 amide bonds. The summed E-state index contributed by atoms with van der Waals surface area (Å²) in [5.74, 6) is 0.0548. The van der Waals surface area contributed by atoms with E-state index in [1.165, 1.54) is 12.1 Å². The molecule has 2 aromatic heterocycles. The van der Waals surface area contributed by atoms with Crippen molar-refractivity contribution in [2.75, 3.05) is 13.1 Å². The maximum Gasteiger partial charge on any atom is 0.253 e. The van der Waals surface area contributed by atoms with Crippen LogP contribution < -0.4 is 0 Å². The first-order valence-electron chi connectivity index (χ1n) is 10.00. The second-order valence-corrected chi connectivity index (χ2v) is 7.67. The van der Waals surface area contributed by atoms with E-state index in [0.717, 1.165) is 48.3 Å². The van der Waals surface area contributed by atoms with Gasteiger partial charge in [-0.3, -0.25) is 14.8 Å². The Morgan fingerprint density at radius 1 is 1.10 bits per heavy atom. The van der Waals surface area contributed by atoms with Gasteiger partial charge >= 0.3 is 0 Å². The molecule has 0 bridgehead atoms. The highest BCUT2D eigenvalue weighted by atomic mass is 19.1. The van der Waals surface area contributed by atoms with Gasteiger partial charge in [-0.2, -0.15) is 0 Å². The Morgan fingerprint density at radius 3 is 2.62 bits per heavy atom. The molecule has 4 rings (SSSR count). The van der Waals surface area contributed by atoms with Crippen molar-refractivity contribution < 1.29 is 9.18 Å². The van der Waals surface area contributed by atoms with Crippen LogP contribution in [0, 0.1) is 12.7 Å². The number of amides is 1. The molecule has 0 aliphatic carbocycles. The lowest BCUT2D eigenvalue weighted by atomic mass is 9.92. The van der Waals surface area contributed by atoms with E-state index < -0.39 is 0 Å². The molecule has 1 saturated heterocycles. The Kier molecular flexibility index (Phi) is 5.65. The SMILES string of the molecule is Cc1cc(Cc2ccc(F)cc2)cc([C@@H]2CCCN(C(=O)c3ccncc3)C2)n1. The minimum atomic E-state index is -0.221. The maximum absolute atomic E-state index is 13.2. The van der Waals surface area contributed by atoms with Gasteiger partial charge in [0.2, 0.25) is 0 Å². The Labute approximate surface area is 170 Å². The normalized spacial score (nSPS) is 16.6. The fourth-order valence-electron chi connectivity index (χ4n) is 4.00. The van der Waals surface area contributed by atoms with E-state index in [1.54, 1.807) is 24.5 Å². The van der Waals surface area contributed by atoms with Gasteiger partial charge in [0.25, 0.3) is 5.91 Å². The summed E-state index contributed by atoms with van der Waals surface area (Å²) in [4.78, 5) is 23.5. The topological polar surface area (TPSA) is 46.1 Å². The number of nitrogens with zero attached hydrogens (tertiary/aromatic N) is 3. The van der Waals surface area contributed by atoms with E-state index in [2.05, 4.69) is 17.1 Å². The van der Waals surface area contributed by atoms with Crippen LogP contribution in [-0.2, 0) is 6.42 Å². The molecule has 3 heterocycles. The number of rotatable bonds is 4. The number of hydrogen-bond donors (Lipinski definition) is 0. The zero-order chi connectivity index (χ0) is 20.2. The predicted molar refractivity (Wildman–Crippen MR) is 110 cm³/mol. The van der Waals surface area contributed by atoms with E-state index in [4.69, 9.17) is 4.98 Å². The van der Waals surface area contributed by atoms with Crippen molar-refractivity contribution in [3.8, 4) is 0 Å². The maximum atomic E-state index is 13.2. The minimum Gasteiger partial charge on any atom is -0.338 e. The summed E-state index contributed by atoms with van der Waals surface area (Å²) in [6.45, 7) is 3.44. The Bertz CT molecular complexity index is 989. The summed E-state index contributed by atoms with van der Waals surface area (Å²) >= 11 is 0. The number of likely N-dealkylation sites (tertiary alicyclic amines) is 1. The molecular weight excluding hydrogens is 365 g/mol. The van der Waals surface area contributed by atoms with E-state index in [1.807, 2.05) is 24.0 Å². The average Bonchev–Trinajstić information content (AvgIpc) is 2.75. The van der Waals surface area contributed by atoms with Crippen molar-refractivity contribution >= 4 is 5.91 Å². The Hall–Kier alpha value is -3.08. The molecule has 3 aromatic rings. The number of pyridine rings is 2. The lowest BCUT2D eigenvalue weighted by Crippen LogP contribution is -2.39. The van der Waals surface area contributed by atoms with E-state index in [9.17, 15) is 9.18 Å². The summed E-state index contributed by atoms with van der Waals surface area (Å²) in [5, 5.41) is 0. The van der Waals surface area contributed by atoms with Crippen LogP contribution in [0.3, 0.4) is 0 Å². The van der Waals surface area contributed by atoms with Crippen LogP contribution in [0.5, 0.6) is 0 Å². The Balaban J connectivity index is 1.52. The van der Waals surface area contributed by atoms with Crippen LogP contribution >= 0.6 is 0 Å². The van der Waals surface area contributed by atoms with E-state index in [-0.39, 0.29) is 17.6 Å². The number of piperidine rings is 1. The van der Waals surface area contributed by atoms with Crippen LogP contribution in [0.4, 0.5) is 4.39 Å². The lowest BCUT2D eigenvalue weighted by Gasteiger charge is -2.33. The number of benzene rings is 1. The summed E-state index contributed by atoms with van der Waals surface area (Å²) in [6.07, 6.45) is 6.02. The van der Waals surface area contributed by atoms with Crippen molar-refractivity contribution in [1.82, 2.24) is 14.9 Å². The molecule has 0 saturated carbocycles. The summed E-state index contributed by atoms with van der Waals surface area (Å²) in [7, 11) is 0. The molecule has 0 N–H and O–H groups in total. The molecule has 29 heavy (non-hydrogen) atoms.